The smallest absolute Gasteiger partial charge is 0.410 e. The van der Waals surface area contributed by atoms with Crippen molar-refractivity contribution in [3.8, 4) is 0 Å². The first kappa shape index (κ1) is 19.2. The molecule has 2 N–H and O–H groups in total. The zero-order chi connectivity index (χ0) is 18.1. The van der Waals surface area contributed by atoms with Crippen molar-refractivity contribution >= 4 is 18.0 Å². The monoisotopic (exact) mass is 330 g/mol. The molecule has 0 aliphatic carbocycles. The van der Waals surface area contributed by atoms with Crippen LogP contribution < -0.4 is 5.32 Å². The molecule has 0 aromatic heterocycles. The first-order valence-corrected chi connectivity index (χ1v) is 7.47. The molecule has 1 aliphatic heterocycles. The second-order valence-corrected chi connectivity index (χ2v) is 7.54. The average Bonchev–Trinajstić information content (AvgIpc) is 2.34. The predicted molar refractivity (Wildman–Crippen MR) is 82.0 cm³/mol. The van der Waals surface area contributed by atoms with E-state index in [1.54, 1.807) is 41.5 Å². The van der Waals surface area contributed by atoms with Gasteiger partial charge >= 0.3 is 18.0 Å². The summed E-state index contributed by atoms with van der Waals surface area (Å²) in [4.78, 5) is 37.5. The number of nitrogens with one attached hydrogen (secondary N) is 1. The first-order chi connectivity index (χ1) is 10.3. The number of esters is 1. The molecule has 0 aromatic rings. The van der Waals surface area contributed by atoms with E-state index in [2.05, 4.69) is 5.32 Å². The Hall–Kier alpha value is -1.83. The maximum absolute atomic E-state index is 12.4. The average molecular weight is 330 g/mol. The number of piperazine rings is 1. The minimum atomic E-state index is -2.00. The molecule has 23 heavy (non-hydrogen) atoms. The number of carbonyl (C=O) groups is 3. The zero-order valence-corrected chi connectivity index (χ0v) is 14.6. The van der Waals surface area contributed by atoms with Crippen LogP contribution in [-0.4, -0.2) is 64.4 Å². The molecule has 1 heterocycles. The quantitative estimate of drug-likeness (QED) is 0.574. The van der Waals surface area contributed by atoms with Crippen LogP contribution in [0.3, 0.4) is 0 Å². The zero-order valence-electron chi connectivity index (χ0n) is 14.6. The molecule has 1 amide bonds. The third-order valence-electron chi connectivity index (χ3n) is 3.00. The van der Waals surface area contributed by atoms with Gasteiger partial charge in [0.2, 0.25) is 5.54 Å². The highest BCUT2D eigenvalue weighted by molar-refractivity contribution is 6.05. The predicted octanol–water partition coefficient (Wildman–Crippen LogP) is 0.992. The van der Waals surface area contributed by atoms with Crippen molar-refractivity contribution in [3.05, 3.63) is 0 Å². The van der Waals surface area contributed by atoms with E-state index in [0.717, 1.165) is 0 Å². The van der Waals surface area contributed by atoms with Crippen molar-refractivity contribution in [2.45, 2.75) is 58.3 Å². The molecule has 0 saturated carbocycles. The molecule has 132 valence electrons. The van der Waals surface area contributed by atoms with E-state index in [0.29, 0.717) is 0 Å². The van der Waals surface area contributed by atoms with Gasteiger partial charge in [0.1, 0.15) is 11.2 Å². The van der Waals surface area contributed by atoms with Gasteiger partial charge in [-0.05, 0) is 41.5 Å². The van der Waals surface area contributed by atoms with E-state index >= 15 is 0 Å². The number of rotatable bonds is 2. The maximum Gasteiger partial charge on any atom is 0.410 e. The van der Waals surface area contributed by atoms with Crippen LogP contribution in [0.25, 0.3) is 0 Å². The van der Waals surface area contributed by atoms with E-state index in [4.69, 9.17) is 9.47 Å². The fourth-order valence-electron chi connectivity index (χ4n) is 2.04. The molecule has 8 nitrogen and oxygen atoms in total. The van der Waals surface area contributed by atoms with Crippen LogP contribution in [0.4, 0.5) is 4.79 Å². The van der Waals surface area contributed by atoms with Crippen LogP contribution in [0, 0.1) is 0 Å². The third kappa shape index (κ3) is 5.09. The highest BCUT2D eigenvalue weighted by atomic mass is 16.6. The van der Waals surface area contributed by atoms with Gasteiger partial charge in [-0.25, -0.2) is 14.4 Å². The number of hydrogen-bond donors (Lipinski definition) is 2. The lowest BCUT2D eigenvalue weighted by molar-refractivity contribution is -0.173. The van der Waals surface area contributed by atoms with Crippen molar-refractivity contribution in [2.75, 3.05) is 19.6 Å². The first-order valence-electron chi connectivity index (χ1n) is 7.47. The van der Waals surface area contributed by atoms with Crippen molar-refractivity contribution in [3.63, 3.8) is 0 Å². The SMILES string of the molecule is CC(C)(C)OC(=O)N1CCNC(C(=O)O)(C(=O)OC(C)(C)C)C1. The second kappa shape index (κ2) is 6.35. The summed E-state index contributed by atoms with van der Waals surface area (Å²) >= 11 is 0. The lowest BCUT2D eigenvalue weighted by Crippen LogP contribution is -2.70. The molecule has 1 atom stereocenters. The summed E-state index contributed by atoms with van der Waals surface area (Å²) in [7, 11) is 0. The van der Waals surface area contributed by atoms with Crippen LogP contribution >= 0.6 is 0 Å². The lowest BCUT2D eigenvalue weighted by atomic mass is 9.96. The van der Waals surface area contributed by atoms with Gasteiger partial charge in [0.15, 0.2) is 0 Å². The van der Waals surface area contributed by atoms with Crippen molar-refractivity contribution in [1.29, 1.82) is 0 Å². The molecule has 8 heteroatoms. The number of carbonyl (C=O) groups excluding carboxylic acids is 2. The van der Waals surface area contributed by atoms with Gasteiger partial charge < -0.3 is 19.5 Å². The molecule has 1 unspecified atom stereocenters. The number of ether oxygens (including phenoxy) is 2. The molecule has 1 rings (SSSR count). The Labute approximate surface area is 136 Å². The molecule has 0 spiro atoms. The molecule has 0 bridgehead atoms. The standard InChI is InChI=1S/C15H26N2O6/c1-13(2,3)22-11(20)15(10(18)19)9-17(8-7-16-15)12(21)23-14(4,5)6/h16H,7-9H2,1-6H3,(H,18,19). The van der Waals surface area contributed by atoms with Gasteiger partial charge in [-0.3, -0.25) is 5.32 Å². The number of carboxylic acid groups (broad SMARTS) is 1. The molecule has 1 fully saturated rings. The normalized spacial score (nSPS) is 22.4. The molecule has 1 saturated heterocycles. The van der Waals surface area contributed by atoms with Gasteiger partial charge in [0.25, 0.3) is 0 Å². The van der Waals surface area contributed by atoms with E-state index in [9.17, 15) is 19.5 Å². The van der Waals surface area contributed by atoms with E-state index in [1.807, 2.05) is 0 Å². The number of carboxylic acids is 1. The van der Waals surface area contributed by atoms with Crippen molar-refractivity contribution in [2.24, 2.45) is 0 Å². The van der Waals surface area contributed by atoms with Crippen molar-refractivity contribution < 1.29 is 29.0 Å². The minimum Gasteiger partial charge on any atom is -0.479 e. The maximum atomic E-state index is 12.4. The van der Waals surface area contributed by atoms with Gasteiger partial charge in [0.05, 0.1) is 6.54 Å². The highest BCUT2D eigenvalue weighted by Gasteiger charge is 2.53. The van der Waals surface area contributed by atoms with Gasteiger partial charge in [-0.1, -0.05) is 0 Å². The Morgan fingerprint density at radius 2 is 1.57 bits per heavy atom. The summed E-state index contributed by atoms with van der Waals surface area (Å²) < 4.78 is 10.5. The Balaban J connectivity index is 2.99. The topological polar surface area (TPSA) is 105 Å². The summed E-state index contributed by atoms with van der Waals surface area (Å²) in [5.41, 5.74) is -3.54. The van der Waals surface area contributed by atoms with Crippen LogP contribution in [0.5, 0.6) is 0 Å². The molecule has 0 aromatic carbocycles. The summed E-state index contributed by atoms with van der Waals surface area (Å²) in [6.45, 7) is 10.1. The third-order valence-corrected chi connectivity index (χ3v) is 3.00. The van der Waals surface area contributed by atoms with Crippen molar-refractivity contribution in [1.82, 2.24) is 10.2 Å². The number of hydrogen-bond acceptors (Lipinski definition) is 6. The van der Waals surface area contributed by atoms with Gasteiger partial charge in [-0.15, -0.1) is 0 Å². The summed E-state index contributed by atoms with van der Waals surface area (Å²) in [5.74, 6) is -2.31. The lowest BCUT2D eigenvalue weighted by Gasteiger charge is -2.40. The van der Waals surface area contributed by atoms with Crippen LogP contribution in [0.1, 0.15) is 41.5 Å². The molecule has 1 aliphatic rings. The van der Waals surface area contributed by atoms with Gasteiger partial charge in [-0.2, -0.15) is 0 Å². The Morgan fingerprint density at radius 3 is 2.00 bits per heavy atom. The second-order valence-electron chi connectivity index (χ2n) is 7.54. The number of amides is 1. The number of aliphatic carboxylic acids is 1. The van der Waals surface area contributed by atoms with Crippen LogP contribution in [-0.2, 0) is 19.1 Å². The van der Waals surface area contributed by atoms with E-state index in [-0.39, 0.29) is 19.6 Å². The summed E-state index contributed by atoms with van der Waals surface area (Å²) in [5, 5.41) is 12.2. The Bertz CT molecular complexity index is 491. The highest BCUT2D eigenvalue weighted by Crippen LogP contribution is 2.21. The summed E-state index contributed by atoms with van der Waals surface area (Å²) in [6.07, 6.45) is -0.659. The minimum absolute atomic E-state index is 0.144. The molecular formula is C15H26N2O6. The largest absolute Gasteiger partial charge is 0.479 e. The summed E-state index contributed by atoms with van der Waals surface area (Å²) in [6, 6.07) is 0. The Morgan fingerprint density at radius 1 is 1.04 bits per heavy atom. The van der Waals surface area contributed by atoms with Crippen LogP contribution in [0.2, 0.25) is 0 Å². The van der Waals surface area contributed by atoms with Gasteiger partial charge in [0, 0.05) is 13.1 Å². The van der Waals surface area contributed by atoms with E-state index < -0.39 is 34.8 Å². The Kier molecular flexibility index (Phi) is 5.30. The number of nitrogens with zero attached hydrogens (tertiary/aromatic N) is 1. The fourth-order valence-corrected chi connectivity index (χ4v) is 2.04. The van der Waals surface area contributed by atoms with Crippen LogP contribution in [0.15, 0.2) is 0 Å². The fraction of sp³-hybridized carbons (Fsp3) is 0.800. The van der Waals surface area contributed by atoms with E-state index in [1.165, 1.54) is 4.90 Å². The molecular weight excluding hydrogens is 304 g/mol. The molecule has 0 radical (unpaired) electrons.